The van der Waals surface area contributed by atoms with E-state index in [4.69, 9.17) is 13.3 Å². The van der Waals surface area contributed by atoms with Crippen LogP contribution in [0.5, 0.6) is 0 Å². The second-order valence-electron chi connectivity index (χ2n) is 3.42. The van der Waals surface area contributed by atoms with E-state index in [2.05, 4.69) is 0 Å². The van der Waals surface area contributed by atoms with Crippen LogP contribution in [0.1, 0.15) is 27.2 Å². The molecule has 0 saturated heterocycles. The van der Waals surface area contributed by atoms with Gasteiger partial charge in [-0.05, 0) is 20.8 Å². The van der Waals surface area contributed by atoms with Gasteiger partial charge in [0.25, 0.3) is 5.92 Å². The summed E-state index contributed by atoms with van der Waals surface area (Å²) in [4.78, 5) is 0. The number of hydrogen-bond acceptors (Lipinski definition) is 3. The van der Waals surface area contributed by atoms with Crippen molar-refractivity contribution in [1.29, 1.82) is 0 Å². The van der Waals surface area contributed by atoms with Crippen molar-refractivity contribution in [1.82, 2.24) is 0 Å². The SMILES string of the molecule is CCO[Si](OCC)(OCC)C1CC1(F)F. The van der Waals surface area contributed by atoms with Crippen LogP contribution in [-0.4, -0.2) is 34.5 Å². The molecule has 1 unspecified atom stereocenters. The van der Waals surface area contributed by atoms with Gasteiger partial charge in [-0.1, -0.05) is 0 Å². The summed E-state index contributed by atoms with van der Waals surface area (Å²) in [5.74, 6) is -2.66. The van der Waals surface area contributed by atoms with Crippen LogP contribution in [-0.2, 0) is 13.3 Å². The van der Waals surface area contributed by atoms with Crippen molar-refractivity contribution in [2.75, 3.05) is 19.8 Å². The quantitative estimate of drug-likeness (QED) is 0.640. The largest absolute Gasteiger partial charge is 0.510 e. The molecule has 0 aromatic carbocycles. The molecular weight excluding hydrogens is 222 g/mol. The number of halogens is 2. The molecule has 1 atom stereocenters. The lowest BCUT2D eigenvalue weighted by molar-refractivity contribution is 0.0482. The summed E-state index contributed by atoms with van der Waals surface area (Å²) in [5, 5.41) is 0. The third kappa shape index (κ3) is 2.75. The van der Waals surface area contributed by atoms with Crippen molar-refractivity contribution in [3.05, 3.63) is 0 Å². The summed E-state index contributed by atoms with van der Waals surface area (Å²) in [5.41, 5.74) is -0.843. The van der Waals surface area contributed by atoms with Crippen LogP contribution in [0.4, 0.5) is 8.78 Å². The number of hydrogen-bond donors (Lipinski definition) is 0. The summed E-state index contributed by atoms with van der Waals surface area (Å²) < 4.78 is 42.3. The van der Waals surface area contributed by atoms with Gasteiger partial charge < -0.3 is 13.3 Å². The molecule has 0 radical (unpaired) electrons. The van der Waals surface area contributed by atoms with Crippen LogP contribution >= 0.6 is 0 Å². The number of rotatable bonds is 7. The maximum absolute atomic E-state index is 13.1. The zero-order valence-corrected chi connectivity index (χ0v) is 10.4. The van der Waals surface area contributed by atoms with Crippen molar-refractivity contribution < 1.29 is 22.1 Å². The Morgan fingerprint density at radius 2 is 1.40 bits per heavy atom. The molecule has 15 heavy (non-hydrogen) atoms. The highest BCUT2D eigenvalue weighted by Crippen LogP contribution is 2.60. The van der Waals surface area contributed by atoms with E-state index < -0.39 is 20.3 Å². The second-order valence-corrected chi connectivity index (χ2v) is 6.19. The zero-order valence-electron chi connectivity index (χ0n) is 9.39. The van der Waals surface area contributed by atoms with Gasteiger partial charge in [-0.3, -0.25) is 0 Å². The van der Waals surface area contributed by atoms with E-state index in [1.54, 1.807) is 20.8 Å². The molecular formula is C9H18F2O3Si. The third-order valence-electron chi connectivity index (χ3n) is 2.29. The Morgan fingerprint density at radius 3 is 1.60 bits per heavy atom. The van der Waals surface area contributed by atoms with Crippen molar-refractivity contribution >= 4 is 8.80 Å². The maximum atomic E-state index is 13.1. The molecule has 0 amide bonds. The molecule has 0 N–H and O–H groups in total. The Morgan fingerprint density at radius 1 is 1.07 bits per heavy atom. The van der Waals surface area contributed by atoms with E-state index in [1.807, 2.05) is 0 Å². The predicted octanol–water partition coefficient (Wildman–Crippen LogP) is 2.44. The minimum Gasteiger partial charge on any atom is -0.373 e. The van der Waals surface area contributed by atoms with Crippen molar-refractivity contribution in [2.45, 2.75) is 38.7 Å². The lowest BCUT2D eigenvalue weighted by Crippen LogP contribution is -2.48. The van der Waals surface area contributed by atoms with Gasteiger partial charge in [0.05, 0.1) is 5.54 Å². The standard InChI is InChI=1S/C9H18F2O3Si/c1-4-12-15(13-5-2,14-6-3)8-7-9(8,10)11/h8H,4-7H2,1-3H3. The molecule has 1 saturated carbocycles. The highest BCUT2D eigenvalue weighted by atomic mass is 28.4. The molecule has 6 heteroatoms. The Hall–Kier alpha value is -0.0431. The molecule has 0 aliphatic heterocycles. The molecule has 0 bridgehead atoms. The van der Waals surface area contributed by atoms with Gasteiger partial charge in [-0.2, -0.15) is 0 Å². The summed E-state index contributed by atoms with van der Waals surface area (Å²) in [6, 6.07) is 0. The van der Waals surface area contributed by atoms with Gasteiger partial charge >= 0.3 is 8.80 Å². The Kier molecular flexibility index (Phi) is 4.22. The molecule has 90 valence electrons. The van der Waals surface area contributed by atoms with Crippen molar-refractivity contribution in [2.24, 2.45) is 0 Å². The van der Waals surface area contributed by atoms with Crippen LogP contribution in [0.3, 0.4) is 0 Å². The Balaban J connectivity index is 2.73. The van der Waals surface area contributed by atoms with Gasteiger partial charge in [0.15, 0.2) is 0 Å². The molecule has 1 fully saturated rings. The summed E-state index contributed by atoms with van der Waals surface area (Å²) in [6.45, 7) is 6.33. The summed E-state index contributed by atoms with van der Waals surface area (Å²) >= 11 is 0. The minimum atomic E-state index is -3.15. The van der Waals surface area contributed by atoms with Crippen molar-refractivity contribution in [3.63, 3.8) is 0 Å². The molecule has 1 aliphatic rings. The highest BCUT2D eigenvalue weighted by molar-refractivity contribution is 6.63. The average Bonchev–Trinajstić information content (AvgIpc) is 2.77. The molecule has 0 heterocycles. The first-order chi connectivity index (χ1) is 7.02. The van der Waals surface area contributed by atoms with Gasteiger partial charge in [0, 0.05) is 26.2 Å². The maximum Gasteiger partial charge on any atom is 0.510 e. The Bertz CT molecular complexity index is 197. The van der Waals surface area contributed by atoms with E-state index in [0.29, 0.717) is 19.8 Å². The van der Waals surface area contributed by atoms with Crippen LogP contribution in [0.2, 0.25) is 5.54 Å². The van der Waals surface area contributed by atoms with E-state index >= 15 is 0 Å². The van der Waals surface area contributed by atoms with E-state index in [0.717, 1.165) is 0 Å². The van der Waals surface area contributed by atoms with Gasteiger partial charge in [0.1, 0.15) is 0 Å². The molecule has 1 aliphatic carbocycles. The average molecular weight is 240 g/mol. The predicted molar refractivity (Wildman–Crippen MR) is 53.9 cm³/mol. The van der Waals surface area contributed by atoms with Gasteiger partial charge in [-0.25, -0.2) is 8.78 Å². The molecule has 0 aromatic heterocycles. The van der Waals surface area contributed by atoms with Crippen LogP contribution < -0.4 is 0 Å². The fourth-order valence-electron chi connectivity index (χ4n) is 1.63. The fraction of sp³-hybridized carbons (Fsp3) is 1.00. The summed E-state index contributed by atoms with van der Waals surface area (Å²) in [7, 11) is -3.15. The first-order valence-electron chi connectivity index (χ1n) is 5.32. The monoisotopic (exact) mass is 240 g/mol. The lowest BCUT2D eigenvalue weighted by atomic mass is 10.8. The smallest absolute Gasteiger partial charge is 0.373 e. The van der Waals surface area contributed by atoms with E-state index in [1.165, 1.54) is 0 Å². The normalized spacial score (nSPS) is 24.2. The van der Waals surface area contributed by atoms with E-state index in [-0.39, 0.29) is 6.42 Å². The highest BCUT2D eigenvalue weighted by Gasteiger charge is 2.73. The Labute approximate surface area is 90.1 Å². The van der Waals surface area contributed by atoms with Crippen LogP contribution in [0.25, 0.3) is 0 Å². The van der Waals surface area contributed by atoms with Gasteiger partial charge in [-0.15, -0.1) is 0 Å². The first kappa shape index (κ1) is 13.0. The van der Waals surface area contributed by atoms with Gasteiger partial charge in [0.2, 0.25) is 0 Å². The summed E-state index contributed by atoms with van der Waals surface area (Å²) in [6.07, 6.45) is -0.167. The fourth-order valence-corrected chi connectivity index (χ4v) is 4.73. The van der Waals surface area contributed by atoms with E-state index in [9.17, 15) is 8.78 Å². The van der Waals surface area contributed by atoms with Crippen LogP contribution in [0, 0.1) is 0 Å². The first-order valence-corrected chi connectivity index (χ1v) is 7.12. The zero-order chi connectivity index (χ0) is 11.5. The number of alkyl halides is 2. The van der Waals surface area contributed by atoms with Crippen molar-refractivity contribution in [3.8, 4) is 0 Å². The van der Waals surface area contributed by atoms with Crippen LogP contribution in [0.15, 0.2) is 0 Å². The molecule has 0 aromatic rings. The molecule has 1 rings (SSSR count). The minimum absolute atomic E-state index is 0.167. The third-order valence-corrected chi connectivity index (χ3v) is 5.84. The molecule has 0 spiro atoms. The molecule has 3 nitrogen and oxygen atoms in total. The lowest BCUT2D eigenvalue weighted by Gasteiger charge is -2.28. The topological polar surface area (TPSA) is 27.7 Å². The second kappa shape index (κ2) is 4.86.